The number of rotatable bonds is 10. The summed E-state index contributed by atoms with van der Waals surface area (Å²) < 4.78 is 63.2. The topological polar surface area (TPSA) is 165 Å². The van der Waals surface area contributed by atoms with Crippen LogP contribution < -0.4 is 15.9 Å². The molecule has 7 rings (SSSR count). The number of aromatic nitrogens is 6. The minimum absolute atomic E-state index is 0.0137. The molecule has 0 aliphatic carbocycles. The van der Waals surface area contributed by atoms with Crippen LogP contribution in [0.2, 0.25) is 0 Å². The van der Waals surface area contributed by atoms with Gasteiger partial charge in [0, 0.05) is 46.6 Å². The second-order valence-electron chi connectivity index (χ2n) is 11.4. The minimum Gasteiger partial charge on any atom is -0.347 e. The Hall–Kier alpha value is -6.17. The lowest BCUT2D eigenvalue weighted by molar-refractivity contribution is 0.0885. The maximum absolute atomic E-state index is 15.2. The maximum Gasteiger partial charge on any atom is 0.318 e. The number of aryl methyl sites for hydroxylation is 2. The largest absolute Gasteiger partial charge is 0.347 e. The molecule has 7 aromatic rings. The van der Waals surface area contributed by atoms with E-state index in [1.165, 1.54) is 42.6 Å². The van der Waals surface area contributed by atoms with Gasteiger partial charge in [-0.2, -0.15) is 13.4 Å². The van der Waals surface area contributed by atoms with E-state index in [1.807, 2.05) is 0 Å². The highest BCUT2D eigenvalue weighted by atomic mass is 32.2. The summed E-state index contributed by atoms with van der Waals surface area (Å²) >= 11 is 0.982. The van der Waals surface area contributed by atoms with E-state index in [0.717, 1.165) is 39.7 Å². The summed E-state index contributed by atoms with van der Waals surface area (Å²) in [4.78, 5) is 47.7. The van der Waals surface area contributed by atoms with Crippen LogP contribution in [0.25, 0.3) is 28.0 Å². The van der Waals surface area contributed by atoms with Gasteiger partial charge in [-0.25, -0.2) is 23.7 Å². The van der Waals surface area contributed by atoms with Crippen LogP contribution in [0.3, 0.4) is 0 Å². The van der Waals surface area contributed by atoms with Crippen molar-refractivity contribution in [3.8, 4) is 16.9 Å². The van der Waals surface area contributed by atoms with E-state index in [4.69, 9.17) is 9.27 Å². The van der Waals surface area contributed by atoms with Gasteiger partial charge in [-0.1, -0.05) is 29.8 Å². The van der Waals surface area contributed by atoms with Gasteiger partial charge in [-0.3, -0.25) is 14.2 Å². The van der Waals surface area contributed by atoms with Gasteiger partial charge < -0.3 is 10.3 Å². The van der Waals surface area contributed by atoms with Crippen molar-refractivity contribution in [3.63, 3.8) is 0 Å². The maximum atomic E-state index is 15.2. The highest BCUT2D eigenvalue weighted by Crippen LogP contribution is 2.33. The van der Waals surface area contributed by atoms with Gasteiger partial charge >= 0.3 is 10.1 Å². The molecule has 262 valence electrons. The van der Waals surface area contributed by atoms with Crippen molar-refractivity contribution in [1.29, 1.82) is 0 Å². The van der Waals surface area contributed by atoms with Crippen molar-refractivity contribution in [1.82, 2.24) is 29.5 Å². The number of pyridine rings is 1. The third-order valence-corrected chi connectivity index (χ3v) is 9.81. The van der Waals surface area contributed by atoms with E-state index >= 15 is 8.78 Å². The number of aromatic amines is 1. The number of para-hydroxylation sites is 1. The first kappa shape index (κ1) is 34.3. The van der Waals surface area contributed by atoms with Crippen LogP contribution in [0.4, 0.5) is 19.9 Å². The first-order valence-electron chi connectivity index (χ1n) is 15.5. The number of benzene rings is 3. The summed E-state index contributed by atoms with van der Waals surface area (Å²) in [5, 5.41) is 5.35. The fraction of sp³-hybridized carbons (Fsp3) is 0.0857. The summed E-state index contributed by atoms with van der Waals surface area (Å²) in [6, 6.07) is 16.3. The fourth-order valence-electron chi connectivity index (χ4n) is 5.32. The minimum atomic E-state index is -4.49. The fourth-order valence-corrected chi connectivity index (χ4v) is 6.84. The molecule has 52 heavy (non-hydrogen) atoms. The number of nitrogens with one attached hydrogen (secondary N) is 2. The van der Waals surface area contributed by atoms with Crippen molar-refractivity contribution in [3.05, 3.63) is 141 Å². The summed E-state index contributed by atoms with van der Waals surface area (Å²) in [5.41, 5.74) is 0.453. The zero-order valence-electron chi connectivity index (χ0n) is 27.2. The normalized spacial score (nSPS) is 11.5. The molecule has 0 unspecified atom stereocenters. The molecule has 1 amide bonds. The molecule has 17 heteroatoms. The highest BCUT2D eigenvalue weighted by Gasteiger charge is 2.30. The number of nitrogens with zero attached hydrogens (tertiary/aromatic N) is 6. The number of imidazole rings is 1. The predicted molar refractivity (Wildman–Crippen MR) is 190 cm³/mol. The smallest absolute Gasteiger partial charge is 0.318 e. The molecule has 0 fully saturated rings. The Bertz CT molecular complexity index is 2600. The van der Waals surface area contributed by atoms with Crippen LogP contribution in [0.5, 0.6) is 0 Å². The van der Waals surface area contributed by atoms with Crippen molar-refractivity contribution in [2.24, 2.45) is 0 Å². The standard InChI is InChI=1S/C35H26F2N8O5S2/c1-20-6-10-23(11-7-20)52(48,49)50-45(35-40-16-17-51-35)33(47)22-9-8-21(2)25(18-22)30-24-12-13-29(46)44(31-26(36)4-3-5-27(31)37)32(24)43-34(42-30)41-19-28-38-14-15-39-28/h3-18H,19H2,1-2H3,(H,38,39)(H,41,42,43). The van der Waals surface area contributed by atoms with Crippen molar-refractivity contribution in [2.75, 3.05) is 10.4 Å². The molecule has 3 aromatic carbocycles. The monoisotopic (exact) mass is 740 g/mol. The number of hydroxylamine groups is 1. The van der Waals surface area contributed by atoms with E-state index in [9.17, 15) is 18.0 Å². The summed E-state index contributed by atoms with van der Waals surface area (Å²) in [6.07, 6.45) is 4.57. The van der Waals surface area contributed by atoms with Crippen LogP contribution in [-0.4, -0.2) is 43.8 Å². The average Bonchev–Trinajstić information content (AvgIpc) is 3.86. The zero-order chi connectivity index (χ0) is 36.6. The van der Waals surface area contributed by atoms with Gasteiger partial charge in [0.2, 0.25) is 11.1 Å². The summed E-state index contributed by atoms with van der Waals surface area (Å²) in [5.74, 6) is -2.35. The van der Waals surface area contributed by atoms with Crippen molar-refractivity contribution < 1.29 is 26.3 Å². The molecule has 0 atom stereocenters. The molecule has 0 bridgehead atoms. The Labute approximate surface area is 298 Å². The quantitative estimate of drug-likeness (QED) is 0.157. The molecule has 0 spiro atoms. The first-order chi connectivity index (χ1) is 25.0. The summed E-state index contributed by atoms with van der Waals surface area (Å²) in [6.45, 7) is 3.67. The van der Waals surface area contributed by atoms with E-state index in [-0.39, 0.29) is 44.8 Å². The number of thiazole rings is 1. The Balaban J connectivity index is 1.38. The van der Waals surface area contributed by atoms with Crippen molar-refractivity contribution >= 4 is 49.5 Å². The molecule has 0 radical (unpaired) electrons. The Kier molecular flexibility index (Phi) is 9.14. The SMILES string of the molecule is Cc1ccc(S(=O)(=O)ON(C(=O)c2ccc(C)c(-c3nc(NCc4ncc[nH]4)nc4c3ccc(=O)n4-c3c(F)cccc3F)c2)c2nccs2)cc1. The molecule has 4 aromatic heterocycles. The molecule has 4 heterocycles. The number of carbonyl (C=O) groups excluding carboxylic acids is 1. The van der Waals surface area contributed by atoms with Crippen LogP contribution in [0.1, 0.15) is 27.3 Å². The number of fused-ring (bicyclic) bond motifs is 1. The lowest BCUT2D eigenvalue weighted by Crippen LogP contribution is -2.33. The van der Waals surface area contributed by atoms with Gasteiger partial charge in [-0.05, 0) is 61.9 Å². The van der Waals surface area contributed by atoms with E-state index < -0.39 is 38.9 Å². The Morgan fingerprint density at radius 3 is 2.44 bits per heavy atom. The lowest BCUT2D eigenvalue weighted by atomic mass is 9.99. The van der Waals surface area contributed by atoms with Crippen LogP contribution in [-0.2, 0) is 20.9 Å². The number of halogens is 2. The number of anilines is 2. The van der Waals surface area contributed by atoms with Gasteiger partial charge in [0.25, 0.3) is 11.5 Å². The average molecular weight is 741 g/mol. The molecule has 13 nitrogen and oxygen atoms in total. The highest BCUT2D eigenvalue weighted by molar-refractivity contribution is 7.86. The number of hydrogen-bond donors (Lipinski definition) is 2. The molecular weight excluding hydrogens is 715 g/mol. The second kappa shape index (κ2) is 13.9. The third kappa shape index (κ3) is 6.67. The second-order valence-corrected chi connectivity index (χ2v) is 13.8. The van der Waals surface area contributed by atoms with Crippen LogP contribution in [0.15, 0.2) is 106 Å². The number of H-pyrrole nitrogens is 1. The van der Waals surface area contributed by atoms with Gasteiger partial charge in [0.15, 0.2) is 5.65 Å². The van der Waals surface area contributed by atoms with E-state index in [0.29, 0.717) is 22.0 Å². The van der Waals surface area contributed by atoms with E-state index in [1.54, 1.807) is 49.8 Å². The Morgan fingerprint density at radius 1 is 0.981 bits per heavy atom. The lowest BCUT2D eigenvalue weighted by Gasteiger charge is -2.20. The molecule has 0 aliphatic heterocycles. The van der Waals surface area contributed by atoms with Gasteiger partial charge in [-0.15, -0.1) is 20.7 Å². The number of amides is 1. The van der Waals surface area contributed by atoms with Crippen molar-refractivity contribution in [2.45, 2.75) is 25.3 Å². The molecule has 0 saturated heterocycles. The van der Waals surface area contributed by atoms with Gasteiger partial charge in [0.05, 0.1) is 17.1 Å². The predicted octanol–water partition coefficient (Wildman–Crippen LogP) is 6.10. The molecule has 2 N–H and O–H groups in total. The summed E-state index contributed by atoms with van der Waals surface area (Å²) in [7, 11) is -4.49. The van der Waals surface area contributed by atoms with Crippen LogP contribution >= 0.6 is 11.3 Å². The first-order valence-corrected chi connectivity index (χ1v) is 17.8. The number of carbonyl (C=O) groups is 1. The zero-order valence-corrected chi connectivity index (χ0v) is 28.9. The van der Waals surface area contributed by atoms with E-state index in [2.05, 4.69) is 25.3 Å². The van der Waals surface area contributed by atoms with Gasteiger partial charge in [0.1, 0.15) is 23.1 Å². The third-order valence-electron chi connectivity index (χ3n) is 7.88. The molecule has 0 aliphatic rings. The van der Waals surface area contributed by atoms with Crippen LogP contribution in [0, 0.1) is 25.5 Å². The number of hydrogen-bond acceptors (Lipinski definition) is 11. The Morgan fingerprint density at radius 2 is 1.75 bits per heavy atom. The molecular formula is C35H26F2N8O5S2. The molecule has 0 saturated carbocycles.